The van der Waals surface area contributed by atoms with E-state index >= 15 is 0 Å². The van der Waals surface area contributed by atoms with Gasteiger partial charge in [-0.3, -0.25) is 14.4 Å². The van der Waals surface area contributed by atoms with Gasteiger partial charge in [0.2, 0.25) is 5.89 Å². The molecule has 0 spiro atoms. The van der Waals surface area contributed by atoms with Gasteiger partial charge in [-0.05, 0) is 43.0 Å². The van der Waals surface area contributed by atoms with Crippen molar-refractivity contribution in [2.75, 3.05) is 0 Å². The molecular formula is C24H21NO4S. The molecule has 0 bridgehead atoms. The number of carbonyl (C=O) groups is 3. The van der Waals surface area contributed by atoms with Gasteiger partial charge >= 0.3 is 0 Å². The standard InChI is InChI=1S/C24H21NO4S/c1-15-23(25-24(29-15)18-5-3-2-4-6-18)19(26)12-11-16-7-9-17(10-8-16)13-21-20(27)14-22(28)30-21/h2-10,21H,11-14H2,1H3. The van der Waals surface area contributed by atoms with Gasteiger partial charge in [0.25, 0.3) is 0 Å². The fraction of sp³-hybridized carbons (Fsp3) is 0.250. The van der Waals surface area contributed by atoms with E-state index in [4.69, 9.17) is 4.42 Å². The second-order valence-corrected chi connectivity index (χ2v) is 8.62. The number of benzene rings is 2. The lowest BCUT2D eigenvalue weighted by Crippen LogP contribution is -2.13. The Bertz CT molecular complexity index is 1090. The molecule has 1 saturated heterocycles. The summed E-state index contributed by atoms with van der Waals surface area (Å²) in [4.78, 5) is 40.2. The van der Waals surface area contributed by atoms with Crippen LogP contribution in [0, 0.1) is 6.92 Å². The molecule has 6 heteroatoms. The number of rotatable bonds is 7. The number of oxazole rings is 1. The fourth-order valence-corrected chi connectivity index (χ4v) is 4.50. The molecule has 1 fully saturated rings. The number of aryl methyl sites for hydroxylation is 2. The van der Waals surface area contributed by atoms with Crippen molar-refractivity contribution in [3.63, 3.8) is 0 Å². The highest BCUT2D eigenvalue weighted by Crippen LogP contribution is 2.28. The number of aromatic nitrogens is 1. The Labute approximate surface area is 178 Å². The van der Waals surface area contributed by atoms with Gasteiger partial charge < -0.3 is 4.42 Å². The molecule has 1 aliphatic rings. The number of ketones is 2. The molecule has 152 valence electrons. The van der Waals surface area contributed by atoms with Crippen molar-refractivity contribution >= 4 is 28.4 Å². The summed E-state index contributed by atoms with van der Waals surface area (Å²) in [6, 6.07) is 17.4. The van der Waals surface area contributed by atoms with E-state index in [1.165, 1.54) is 0 Å². The van der Waals surface area contributed by atoms with Crippen LogP contribution in [-0.4, -0.2) is 26.9 Å². The van der Waals surface area contributed by atoms with Crippen LogP contribution in [0.5, 0.6) is 0 Å². The van der Waals surface area contributed by atoms with E-state index in [1.807, 2.05) is 54.6 Å². The van der Waals surface area contributed by atoms with E-state index in [9.17, 15) is 14.4 Å². The molecule has 2 aromatic carbocycles. The second kappa shape index (κ2) is 8.79. The van der Waals surface area contributed by atoms with Crippen molar-refractivity contribution in [3.8, 4) is 11.5 Å². The van der Waals surface area contributed by atoms with Crippen LogP contribution in [0.2, 0.25) is 0 Å². The summed E-state index contributed by atoms with van der Waals surface area (Å²) in [5.41, 5.74) is 3.28. The number of nitrogens with zero attached hydrogens (tertiary/aromatic N) is 1. The summed E-state index contributed by atoms with van der Waals surface area (Å²) < 4.78 is 5.68. The van der Waals surface area contributed by atoms with Gasteiger partial charge in [-0.2, -0.15) is 0 Å². The summed E-state index contributed by atoms with van der Waals surface area (Å²) in [5, 5.41) is -0.308. The Morgan fingerprint density at radius 1 is 1.07 bits per heavy atom. The van der Waals surface area contributed by atoms with Gasteiger partial charge in [0.1, 0.15) is 11.5 Å². The molecule has 0 N–H and O–H groups in total. The minimum absolute atomic E-state index is 0.0116. The van der Waals surface area contributed by atoms with Crippen molar-refractivity contribution in [2.24, 2.45) is 0 Å². The van der Waals surface area contributed by atoms with Crippen LogP contribution < -0.4 is 0 Å². The van der Waals surface area contributed by atoms with Crippen molar-refractivity contribution < 1.29 is 18.8 Å². The molecule has 0 radical (unpaired) electrons. The monoisotopic (exact) mass is 419 g/mol. The summed E-state index contributed by atoms with van der Waals surface area (Å²) >= 11 is 1.14. The van der Waals surface area contributed by atoms with E-state index in [0.29, 0.717) is 36.6 Å². The first kappa shape index (κ1) is 20.3. The molecule has 3 aromatic rings. The molecule has 0 amide bonds. The van der Waals surface area contributed by atoms with E-state index in [1.54, 1.807) is 6.92 Å². The molecule has 1 unspecified atom stereocenters. The molecule has 0 aliphatic carbocycles. The van der Waals surface area contributed by atoms with Gasteiger partial charge in [0.15, 0.2) is 16.7 Å². The van der Waals surface area contributed by atoms with Crippen LogP contribution in [-0.2, 0) is 22.4 Å². The number of carbonyl (C=O) groups excluding carboxylic acids is 3. The van der Waals surface area contributed by atoms with Crippen LogP contribution in [0.1, 0.15) is 40.2 Å². The lowest BCUT2D eigenvalue weighted by molar-refractivity contribution is -0.121. The molecule has 1 atom stereocenters. The minimum atomic E-state index is -0.265. The van der Waals surface area contributed by atoms with Crippen molar-refractivity contribution in [2.45, 2.75) is 37.9 Å². The first-order valence-electron chi connectivity index (χ1n) is 9.85. The molecular weight excluding hydrogens is 398 g/mol. The predicted octanol–water partition coefficient (Wildman–Crippen LogP) is 4.61. The molecule has 4 rings (SSSR count). The number of hydrogen-bond acceptors (Lipinski definition) is 6. The molecule has 5 nitrogen and oxygen atoms in total. The highest BCUT2D eigenvalue weighted by Gasteiger charge is 2.31. The zero-order valence-electron chi connectivity index (χ0n) is 16.6. The van der Waals surface area contributed by atoms with Gasteiger partial charge in [-0.25, -0.2) is 4.98 Å². The maximum atomic E-state index is 12.7. The third-order valence-electron chi connectivity index (χ3n) is 5.12. The Hall–Kier alpha value is -2.99. The Balaban J connectivity index is 1.36. The third kappa shape index (κ3) is 4.60. The van der Waals surface area contributed by atoms with E-state index in [2.05, 4.69) is 4.98 Å². The quantitative estimate of drug-likeness (QED) is 0.411. The predicted molar refractivity (Wildman–Crippen MR) is 115 cm³/mol. The first-order valence-corrected chi connectivity index (χ1v) is 10.7. The maximum Gasteiger partial charge on any atom is 0.226 e. The Morgan fingerprint density at radius 3 is 2.43 bits per heavy atom. The van der Waals surface area contributed by atoms with Gasteiger partial charge in [-0.1, -0.05) is 54.2 Å². The fourth-order valence-electron chi connectivity index (χ4n) is 3.47. The number of thioether (sulfide) groups is 1. The minimum Gasteiger partial charge on any atom is -0.441 e. The smallest absolute Gasteiger partial charge is 0.226 e. The average molecular weight is 420 g/mol. The van der Waals surface area contributed by atoms with Crippen LogP contribution in [0.3, 0.4) is 0 Å². The lowest BCUT2D eigenvalue weighted by Gasteiger charge is -2.07. The van der Waals surface area contributed by atoms with Crippen LogP contribution in [0.4, 0.5) is 0 Å². The number of Topliss-reactive ketones (excluding diaryl/α,β-unsaturated/α-hetero) is 2. The normalized spacial score (nSPS) is 16.2. The van der Waals surface area contributed by atoms with Crippen LogP contribution >= 0.6 is 11.8 Å². The SMILES string of the molecule is Cc1oc(-c2ccccc2)nc1C(=O)CCc1ccc(CC2SC(=O)CC2=O)cc1. The van der Waals surface area contributed by atoms with Crippen molar-refractivity contribution in [1.82, 2.24) is 4.98 Å². The molecule has 30 heavy (non-hydrogen) atoms. The van der Waals surface area contributed by atoms with E-state index < -0.39 is 0 Å². The Kier molecular flexibility index (Phi) is 5.95. The topological polar surface area (TPSA) is 77.2 Å². The molecule has 2 heterocycles. The van der Waals surface area contributed by atoms with Crippen LogP contribution in [0.25, 0.3) is 11.5 Å². The highest BCUT2D eigenvalue weighted by molar-refractivity contribution is 8.15. The van der Waals surface area contributed by atoms with E-state index in [-0.39, 0.29) is 28.4 Å². The highest BCUT2D eigenvalue weighted by atomic mass is 32.2. The first-order chi connectivity index (χ1) is 14.5. The van der Waals surface area contributed by atoms with Crippen LogP contribution in [0.15, 0.2) is 59.0 Å². The lowest BCUT2D eigenvalue weighted by atomic mass is 10.0. The second-order valence-electron chi connectivity index (χ2n) is 7.36. The summed E-state index contributed by atoms with van der Waals surface area (Å²) in [6.07, 6.45) is 1.55. The van der Waals surface area contributed by atoms with Crippen molar-refractivity contribution in [1.29, 1.82) is 0 Å². The zero-order chi connectivity index (χ0) is 21.1. The maximum absolute atomic E-state index is 12.7. The molecule has 0 saturated carbocycles. The number of hydrogen-bond donors (Lipinski definition) is 0. The summed E-state index contributed by atoms with van der Waals surface area (Å²) in [6.45, 7) is 1.76. The summed E-state index contributed by atoms with van der Waals surface area (Å²) in [7, 11) is 0. The van der Waals surface area contributed by atoms with Crippen molar-refractivity contribution in [3.05, 3.63) is 77.2 Å². The van der Waals surface area contributed by atoms with Gasteiger partial charge in [-0.15, -0.1) is 0 Å². The summed E-state index contributed by atoms with van der Waals surface area (Å²) in [5.74, 6) is 0.951. The average Bonchev–Trinajstić information content (AvgIpc) is 3.29. The van der Waals surface area contributed by atoms with Gasteiger partial charge in [0, 0.05) is 12.0 Å². The Morgan fingerprint density at radius 2 is 1.77 bits per heavy atom. The van der Waals surface area contributed by atoms with E-state index in [0.717, 1.165) is 28.5 Å². The largest absolute Gasteiger partial charge is 0.441 e. The zero-order valence-corrected chi connectivity index (χ0v) is 17.4. The molecule has 1 aromatic heterocycles. The molecule has 1 aliphatic heterocycles. The third-order valence-corrected chi connectivity index (χ3v) is 6.24. The van der Waals surface area contributed by atoms with Gasteiger partial charge in [0.05, 0.1) is 11.7 Å².